The number of benzene rings is 2. The van der Waals surface area contributed by atoms with Crippen LogP contribution in [0.1, 0.15) is 0 Å². The smallest absolute Gasteiger partial charge is 0.313 e. The van der Waals surface area contributed by atoms with Crippen molar-refractivity contribution >= 4 is 28.5 Å². The third-order valence-corrected chi connectivity index (χ3v) is 4.18. The van der Waals surface area contributed by atoms with Crippen LogP contribution >= 0.6 is 11.8 Å². The molecule has 1 aromatic heterocycles. The summed E-state index contributed by atoms with van der Waals surface area (Å²) in [5.74, 6) is -0.740. The molecule has 0 unspecified atom stereocenters. The highest BCUT2D eigenvalue weighted by molar-refractivity contribution is 8.00. The summed E-state index contributed by atoms with van der Waals surface area (Å²) in [6.07, 6.45) is 3.77. The van der Waals surface area contributed by atoms with Gasteiger partial charge in [-0.15, -0.1) is 11.8 Å². The average molecular weight is 283 g/mol. The number of aliphatic carboxylic acids is 1. The summed E-state index contributed by atoms with van der Waals surface area (Å²) in [7, 11) is 0. The minimum absolute atomic E-state index is 0.0651. The van der Waals surface area contributed by atoms with E-state index in [1.54, 1.807) is 0 Å². The van der Waals surface area contributed by atoms with Crippen molar-refractivity contribution in [2.45, 2.75) is 4.90 Å². The van der Waals surface area contributed by atoms with Crippen LogP contribution < -0.4 is 0 Å². The topological polar surface area (TPSA) is 53.1 Å². The Balaban J connectivity index is 2.08. The molecule has 100 valence electrons. The number of nitrogens with one attached hydrogen (secondary N) is 1. The van der Waals surface area contributed by atoms with E-state index in [9.17, 15) is 4.79 Å². The van der Waals surface area contributed by atoms with Crippen LogP contribution in [0.15, 0.2) is 59.8 Å². The van der Waals surface area contributed by atoms with E-state index in [2.05, 4.69) is 29.2 Å². The molecule has 0 atom stereocenters. The van der Waals surface area contributed by atoms with Gasteiger partial charge in [0.05, 0.1) is 5.75 Å². The molecule has 0 amide bonds. The van der Waals surface area contributed by atoms with Gasteiger partial charge in [0, 0.05) is 22.9 Å². The number of thioether (sulfide) groups is 1. The third-order valence-electron chi connectivity index (χ3n) is 3.14. The van der Waals surface area contributed by atoms with Gasteiger partial charge >= 0.3 is 5.97 Å². The van der Waals surface area contributed by atoms with Crippen LogP contribution in [0.5, 0.6) is 0 Å². The van der Waals surface area contributed by atoms with E-state index >= 15 is 0 Å². The predicted octanol–water partition coefficient (Wildman–Crippen LogP) is 4.01. The van der Waals surface area contributed by atoms with E-state index in [1.807, 2.05) is 30.6 Å². The fraction of sp³-hybridized carbons (Fsp3) is 0.0625. The van der Waals surface area contributed by atoms with Crippen molar-refractivity contribution in [1.29, 1.82) is 0 Å². The summed E-state index contributed by atoms with van der Waals surface area (Å²) < 4.78 is 0. The molecule has 0 saturated heterocycles. The van der Waals surface area contributed by atoms with Crippen LogP contribution in [0.4, 0.5) is 0 Å². The number of carboxylic acids is 1. The molecular formula is C16H13NO2S. The van der Waals surface area contributed by atoms with E-state index in [-0.39, 0.29) is 5.75 Å². The zero-order chi connectivity index (χ0) is 13.9. The summed E-state index contributed by atoms with van der Waals surface area (Å²) in [5, 5.41) is 11.2. The fourth-order valence-corrected chi connectivity index (χ4v) is 3.03. The van der Waals surface area contributed by atoms with Crippen LogP contribution in [-0.4, -0.2) is 21.8 Å². The Hall–Kier alpha value is -2.20. The minimum Gasteiger partial charge on any atom is -0.481 e. The number of carbonyl (C=O) groups is 1. The molecule has 3 aromatic rings. The molecule has 3 nitrogen and oxygen atoms in total. The van der Waals surface area contributed by atoms with E-state index in [4.69, 9.17) is 5.11 Å². The molecule has 4 heteroatoms. The second-order valence-corrected chi connectivity index (χ2v) is 5.46. The van der Waals surface area contributed by atoms with E-state index in [0.29, 0.717) is 0 Å². The van der Waals surface area contributed by atoms with Gasteiger partial charge in [-0.25, -0.2) is 0 Å². The largest absolute Gasteiger partial charge is 0.481 e. The maximum Gasteiger partial charge on any atom is 0.313 e. The van der Waals surface area contributed by atoms with Crippen LogP contribution in [0.2, 0.25) is 0 Å². The first-order chi connectivity index (χ1) is 9.75. The lowest BCUT2D eigenvalue weighted by Crippen LogP contribution is -1.97. The van der Waals surface area contributed by atoms with E-state index in [0.717, 1.165) is 16.0 Å². The van der Waals surface area contributed by atoms with Gasteiger partial charge in [0.15, 0.2) is 0 Å². The van der Waals surface area contributed by atoms with Crippen molar-refractivity contribution in [3.8, 4) is 11.1 Å². The molecule has 0 aliphatic heterocycles. The van der Waals surface area contributed by atoms with Crippen LogP contribution in [0, 0.1) is 0 Å². The molecular weight excluding hydrogens is 270 g/mol. The highest BCUT2D eigenvalue weighted by Crippen LogP contribution is 2.35. The third kappa shape index (κ3) is 2.42. The Labute approximate surface area is 120 Å². The maximum absolute atomic E-state index is 10.7. The lowest BCUT2D eigenvalue weighted by molar-refractivity contribution is -0.133. The maximum atomic E-state index is 10.7. The Bertz CT molecular complexity index is 759. The standard InChI is InChI=1S/C16H13NO2S/c18-16(19)10-20-15-9-17-8-14(15)13-7-3-5-11-4-1-2-6-12(11)13/h1-9,17H,10H2,(H,18,19). The van der Waals surface area contributed by atoms with Crippen molar-refractivity contribution < 1.29 is 9.90 Å². The van der Waals surface area contributed by atoms with Crippen molar-refractivity contribution in [3.05, 3.63) is 54.9 Å². The van der Waals surface area contributed by atoms with Crippen molar-refractivity contribution in [2.75, 3.05) is 5.75 Å². The number of carboxylic acid groups (broad SMARTS) is 1. The van der Waals surface area contributed by atoms with E-state index < -0.39 is 5.97 Å². The van der Waals surface area contributed by atoms with Gasteiger partial charge in [-0.05, 0) is 16.3 Å². The highest BCUT2D eigenvalue weighted by Gasteiger charge is 2.11. The average Bonchev–Trinajstić information content (AvgIpc) is 2.92. The SMILES string of the molecule is O=C(O)CSc1c[nH]cc1-c1cccc2ccccc12. The van der Waals surface area contributed by atoms with Crippen molar-refractivity contribution in [2.24, 2.45) is 0 Å². The number of hydrogen-bond donors (Lipinski definition) is 2. The molecule has 3 rings (SSSR count). The molecule has 0 aliphatic carbocycles. The summed E-state index contributed by atoms with van der Waals surface area (Å²) >= 11 is 1.33. The lowest BCUT2D eigenvalue weighted by Gasteiger charge is -2.07. The molecule has 2 N–H and O–H groups in total. The number of aromatic amines is 1. The summed E-state index contributed by atoms with van der Waals surface area (Å²) in [6, 6.07) is 14.4. The summed E-state index contributed by atoms with van der Waals surface area (Å²) in [6.45, 7) is 0. The molecule has 2 aromatic carbocycles. The quantitative estimate of drug-likeness (QED) is 0.711. The number of aromatic nitrogens is 1. The highest BCUT2D eigenvalue weighted by atomic mass is 32.2. The molecule has 0 saturated carbocycles. The second kappa shape index (κ2) is 5.43. The second-order valence-electron chi connectivity index (χ2n) is 4.44. The van der Waals surface area contributed by atoms with Crippen LogP contribution in [-0.2, 0) is 4.79 Å². The first kappa shape index (κ1) is 12.8. The lowest BCUT2D eigenvalue weighted by atomic mass is 10.0. The zero-order valence-corrected chi connectivity index (χ0v) is 11.5. The van der Waals surface area contributed by atoms with Crippen LogP contribution in [0.3, 0.4) is 0 Å². The molecule has 0 spiro atoms. The van der Waals surface area contributed by atoms with Gasteiger partial charge < -0.3 is 10.1 Å². The predicted molar refractivity (Wildman–Crippen MR) is 82.1 cm³/mol. The first-order valence-corrected chi connectivity index (χ1v) is 7.24. The molecule has 0 bridgehead atoms. The Morgan fingerprint density at radius 3 is 2.70 bits per heavy atom. The van der Waals surface area contributed by atoms with E-state index in [1.165, 1.54) is 22.5 Å². The Kier molecular flexibility index (Phi) is 3.48. The number of rotatable bonds is 4. The van der Waals surface area contributed by atoms with Gasteiger partial charge in [-0.2, -0.15) is 0 Å². The molecule has 0 aliphatic rings. The number of hydrogen-bond acceptors (Lipinski definition) is 2. The first-order valence-electron chi connectivity index (χ1n) is 6.25. The van der Waals surface area contributed by atoms with Gasteiger partial charge in [0.1, 0.15) is 0 Å². The van der Waals surface area contributed by atoms with Crippen molar-refractivity contribution in [3.63, 3.8) is 0 Å². The van der Waals surface area contributed by atoms with Gasteiger partial charge in [-0.1, -0.05) is 42.5 Å². The molecule has 1 heterocycles. The van der Waals surface area contributed by atoms with Crippen molar-refractivity contribution in [1.82, 2.24) is 4.98 Å². The van der Waals surface area contributed by atoms with Gasteiger partial charge in [-0.3, -0.25) is 4.79 Å². The normalized spacial score (nSPS) is 10.8. The zero-order valence-electron chi connectivity index (χ0n) is 10.7. The minimum atomic E-state index is -0.805. The Morgan fingerprint density at radius 1 is 1.05 bits per heavy atom. The number of H-pyrrole nitrogens is 1. The summed E-state index contributed by atoms with van der Waals surface area (Å²) in [4.78, 5) is 14.8. The summed E-state index contributed by atoms with van der Waals surface area (Å²) in [5.41, 5.74) is 2.17. The molecule has 0 radical (unpaired) electrons. The van der Waals surface area contributed by atoms with Gasteiger partial charge in [0.25, 0.3) is 0 Å². The fourth-order valence-electron chi connectivity index (χ4n) is 2.28. The Morgan fingerprint density at radius 2 is 1.85 bits per heavy atom. The molecule has 20 heavy (non-hydrogen) atoms. The van der Waals surface area contributed by atoms with Crippen LogP contribution in [0.25, 0.3) is 21.9 Å². The molecule has 0 fully saturated rings. The number of fused-ring (bicyclic) bond motifs is 1. The van der Waals surface area contributed by atoms with Gasteiger partial charge in [0.2, 0.25) is 0 Å². The monoisotopic (exact) mass is 283 g/mol.